The Morgan fingerprint density at radius 1 is 1.21 bits per heavy atom. The normalized spacial score (nSPS) is 27.6. The second kappa shape index (κ2) is 6.08. The first-order chi connectivity index (χ1) is 9.33. The molecule has 0 radical (unpaired) electrons. The molecule has 1 aromatic heterocycles. The lowest BCUT2D eigenvalue weighted by atomic mass is 9.77. The van der Waals surface area contributed by atoms with Crippen LogP contribution in [0.4, 0.5) is 0 Å². The van der Waals surface area contributed by atoms with Crippen molar-refractivity contribution in [2.75, 3.05) is 6.54 Å². The molecule has 0 amide bonds. The van der Waals surface area contributed by atoms with Crippen LogP contribution in [0.2, 0.25) is 0 Å². The lowest BCUT2D eigenvalue weighted by molar-refractivity contribution is 0.216. The van der Waals surface area contributed by atoms with Gasteiger partial charge in [0.1, 0.15) is 5.82 Å². The third kappa shape index (κ3) is 3.59. The summed E-state index contributed by atoms with van der Waals surface area (Å²) in [6.07, 6.45) is 15.0. The summed E-state index contributed by atoms with van der Waals surface area (Å²) in [6, 6.07) is 0.858. The van der Waals surface area contributed by atoms with Gasteiger partial charge in [0.2, 0.25) is 0 Å². The zero-order chi connectivity index (χ0) is 13.1. The van der Waals surface area contributed by atoms with Crippen molar-refractivity contribution in [2.45, 2.75) is 57.4 Å². The maximum atomic E-state index is 4.46. The average Bonchev–Trinajstić information content (AvgIpc) is 3.17. The molecule has 2 unspecified atom stereocenters. The highest BCUT2D eigenvalue weighted by atomic mass is 15.0. The molecule has 19 heavy (non-hydrogen) atoms. The molecule has 0 spiro atoms. The SMILES string of the molecule is Cn1ccnc1CCC1CCCCC1CNC1CC1. The van der Waals surface area contributed by atoms with Crippen LogP contribution in [-0.4, -0.2) is 22.1 Å². The quantitative estimate of drug-likeness (QED) is 0.853. The van der Waals surface area contributed by atoms with E-state index in [1.807, 2.05) is 6.20 Å². The van der Waals surface area contributed by atoms with Crippen molar-refractivity contribution in [3.8, 4) is 0 Å². The van der Waals surface area contributed by atoms with E-state index in [0.717, 1.165) is 24.3 Å². The number of rotatable bonds is 6. The Hall–Kier alpha value is -0.830. The summed E-state index contributed by atoms with van der Waals surface area (Å²) in [7, 11) is 2.11. The highest BCUT2D eigenvalue weighted by Crippen LogP contribution is 2.33. The van der Waals surface area contributed by atoms with Crippen LogP contribution in [0.15, 0.2) is 12.4 Å². The summed E-state index contributed by atoms with van der Waals surface area (Å²) >= 11 is 0. The molecule has 1 N–H and O–H groups in total. The van der Waals surface area contributed by atoms with Gasteiger partial charge in [-0.2, -0.15) is 0 Å². The van der Waals surface area contributed by atoms with Crippen LogP contribution in [0.25, 0.3) is 0 Å². The van der Waals surface area contributed by atoms with Crippen molar-refractivity contribution in [1.29, 1.82) is 0 Å². The van der Waals surface area contributed by atoms with Crippen molar-refractivity contribution < 1.29 is 0 Å². The highest BCUT2D eigenvalue weighted by molar-refractivity contribution is 4.92. The molecule has 2 saturated carbocycles. The van der Waals surface area contributed by atoms with Gasteiger partial charge in [-0.3, -0.25) is 0 Å². The van der Waals surface area contributed by atoms with Crippen LogP contribution in [0.3, 0.4) is 0 Å². The maximum absolute atomic E-state index is 4.46. The van der Waals surface area contributed by atoms with E-state index in [-0.39, 0.29) is 0 Å². The summed E-state index contributed by atoms with van der Waals surface area (Å²) in [5, 5.41) is 3.74. The molecular weight excluding hydrogens is 234 g/mol. The van der Waals surface area contributed by atoms with Gasteiger partial charge in [0, 0.05) is 31.9 Å². The van der Waals surface area contributed by atoms with Gasteiger partial charge in [-0.25, -0.2) is 4.98 Å². The van der Waals surface area contributed by atoms with E-state index in [0.29, 0.717) is 0 Å². The first kappa shape index (κ1) is 13.2. The van der Waals surface area contributed by atoms with E-state index in [1.165, 1.54) is 57.3 Å². The molecule has 0 bridgehead atoms. The summed E-state index contributed by atoms with van der Waals surface area (Å²) in [6.45, 7) is 1.26. The number of nitrogens with one attached hydrogen (secondary N) is 1. The molecule has 3 rings (SSSR count). The number of aryl methyl sites for hydroxylation is 2. The zero-order valence-electron chi connectivity index (χ0n) is 12.1. The minimum absolute atomic E-state index is 0.858. The van der Waals surface area contributed by atoms with Gasteiger partial charge in [-0.05, 0) is 44.1 Å². The Labute approximate surface area is 116 Å². The molecule has 3 heteroatoms. The summed E-state index contributed by atoms with van der Waals surface area (Å²) < 4.78 is 2.17. The van der Waals surface area contributed by atoms with Crippen LogP contribution in [0.1, 0.15) is 50.8 Å². The number of imidazole rings is 1. The topological polar surface area (TPSA) is 29.9 Å². The lowest BCUT2D eigenvalue weighted by Crippen LogP contribution is -2.32. The van der Waals surface area contributed by atoms with Gasteiger partial charge in [-0.15, -0.1) is 0 Å². The Kier molecular flexibility index (Phi) is 4.21. The van der Waals surface area contributed by atoms with Gasteiger partial charge in [0.15, 0.2) is 0 Å². The number of nitrogens with zero attached hydrogens (tertiary/aromatic N) is 2. The molecule has 2 aliphatic rings. The Morgan fingerprint density at radius 3 is 2.68 bits per heavy atom. The molecule has 3 nitrogen and oxygen atoms in total. The van der Waals surface area contributed by atoms with Crippen LogP contribution in [0, 0.1) is 11.8 Å². The molecule has 0 aliphatic heterocycles. The van der Waals surface area contributed by atoms with Gasteiger partial charge in [0.05, 0.1) is 0 Å². The largest absolute Gasteiger partial charge is 0.338 e. The molecule has 0 saturated heterocycles. The molecule has 106 valence electrons. The fourth-order valence-corrected chi connectivity index (χ4v) is 3.49. The van der Waals surface area contributed by atoms with Gasteiger partial charge >= 0.3 is 0 Å². The fraction of sp³-hybridized carbons (Fsp3) is 0.812. The standard InChI is InChI=1S/C16H27N3/c1-19-11-10-17-16(19)9-6-13-4-2-3-5-14(13)12-18-15-7-8-15/h10-11,13-15,18H,2-9,12H2,1H3. The van der Waals surface area contributed by atoms with Gasteiger partial charge in [-0.1, -0.05) is 19.3 Å². The van der Waals surface area contributed by atoms with E-state index in [1.54, 1.807) is 0 Å². The van der Waals surface area contributed by atoms with E-state index in [4.69, 9.17) is 0 Å². The molecule has 0 aromatic carbocycles. The van der Waals surface area contributed by atoms with E-state index in [2.05, 4.69) is 28.1 Å². The van der Waals surface area contributed by atoms with E-state index < -0.39 is 0 Å². The van der Waals surface area contributed by atoms with Crippen LogP contribution in [-0.2, 0) is 13.5 Å². The first-order valence-corrected chi connectivity index (χ1v) is 8.02. The predicted octanol–water partition coefficient (Wildman–Crippen LogP) is 2.91. The third-order valence-electron chi connectivity index (χ3n) is 4.97. The summed E-state index contributed by atoms with van der Waals surface area (Å²) in [4.78, 5) is 4.46. The molecule has 1 heterocycles. The summed E-state index contributed by atoms with van der Waals surface area (Å²) in [5.74, 6) is 3.07. The van der Waals surface area contributed by atoms with E-state index in [9.17, 15) is 0 Å². The van der Waals surface area contributed by atoms with Crippen molar-refractivity contribution in [3.63, 3.8) is 0 Å². The van der Waals surface area contributed by atoms with Crippen molar-refractivity contribution in [2.24, 2.45) is 18.9 Å². The Morgan fingerprint density at radius 2 is 2.00 bits per heavy atom. The molecule has 2 fully saturated rings. The van der Waals surface area contributed by atoms with Crippen molar-refractivity contribution >= 4 is 0 Å². The maximum Gasteiger partial charge on any atom is 0.108 e. The fourth-order valence-electron chi connectivity index (χ4n) is 3.49. The Bertz CT molecular complexity index is 394. The van der Waals surface area contributed by atoms with Crippen molar-refractivity contribution in [3.05, 3.63) is 18.2 Å². The second-order valence-corrected chi connectivity index (χ2v) is 6.48. The zero-order valence-corrected chi connectivity index (χ0v) is 12.1. The van der Waals surface area contributed by atoms with Crippen molar-refractivity contribution in [1.82, 2.24) is 14.9 Å². The number of aromatic nitrogens is 2. The van der Waals surface area contributed by atoms with Crippen LogP contribution >= 0.6 is 0 Å². The summed E-state index contributed by atoms with van der Waals surface area (Å²) in [5.41, 5.74) is 0. The van der Waals surface area contributed by atoms with Gasteiger partial charge in [0.25, 0.3) is 0 Å². The highest BCUT2D eigenvalue weighted by Gasteiger charge is 2.27. The third-order valence-corrected chi connectivity index (χ3v) is 4.97. The predicted molar refractivity (Wildman–Crippen MR) is 78.0 cm³/mol. The minimum Gasteiger partial charge on any atom is -0.338 e. The first-order valence-electron chi connectivity index (χ1n) is 8.02. The van der Waals surface area contributed by atoms with E-state index >= 15 is 0 Å². The van der Waals surface area contributed by atoms with Gasteiger partial charge < -0.3 is 9.88 Å². The second-order valence-electron chi connectivity index (χ2n) is 6.48. The van der Waals surface area contributed by atoms with Crippen LogP contribution < -0.4 is 5.32 Å². The number of hydrogen-bond acceptors (Lipinski definition) is 2. The lowest BCUT2D eigenvalue weighted by Gasteiger charge is -2.32. The smallest absolute Gasteiger partial charge is 0.108 e. The molecule has 2 atom stereocenters. The van der Waals surface area contributed by atoms with Crippen LogP contribution in [0.5, 0.6) is 0 Å². The molecule has 2 aliphatic carbocycles. The molecular formula is C16H27N3. The molecule has 1 aromatic rings. The monoisotopic (exact) mass is 261 g/mol. The number of hydrogen-bond donors (Lipinski definition) is 1. The minimum atomic E-state index is 0.858. The average molecular weight is 261 g/mol. The Balaban J connectivity index is 1.49.